The standard InChI is InChI=1S/C23H31N5O4/c1-4-9-28-21(14-20(30)25-22(28)31)27-12-10-26(11-13-27)16-19(29)23(2,3)32-18-7-5-17(15-24)6-8-18/h5-8,14,19,29H,4,9-13,16H2,1-3H3,(H,25,30,31). The molecular weight excluding hydrogens is 410 g/mol. The number of ether oxygens (including phenoxy) is 1. The second-order valence-corrected chi connectivity index (χ2v) is 8.59. The minimum absolute atomic E-state index is 0.381. The van der Waals surface area contributed by atoms with Gasteiger partial charge in [0.1, 0.15) is 23.3 Å². The minimum Gasteiger partial charge on any atom is -0.485 e. The van der Waals surface area contributed by atoms with E-state index in [1.54, 1.807) is 28.8 Å². The molecule has 1 atom stereocenters. The molecule has 2 heterocycles. The van der Waals surface area contributed by atoms with Gasteiger partial charge >= 0.3 is 5.69 Å². The van der Waals surface area contributed by atoms with Crippen molar-refractivity contribution < 1.29 is 9.84 Å². The predicted molar refractivity (Wildman–Crippen MR) is 122 cm³/mol. The summed E-state index contributed by atoms with van der Waals surface area (Å²) in [6.07, 6.45) is 0.0573. The van der Waals surface area contributed by atoms with Gasteiger partial charge in [-0.3, -0.25) is 19.2 Å². The Hall–Kier alpha value is -3.09. The topological polar surface area (TPSA) is 115 Å². The summed E-state index contributed by atoms with van der Waals surface area (Å²) in [5, 5.41) is 19.8. The molecule has 32 heavy (non-hydrogen) atoms. The predicted octanol–water partition coefficient (Wildman–Crippen LogP) is 1.16. The van der Waals surface area contributed by atoms with Crippen LogP contribution in [0.3, 0.4) is 0 Å². The molecule has 1 aromatic carbocycles. The number of aliphatic hydroxyl groups is 1. The van der Waals surface area contributed by atoms with E-state index in [4.69, 9.17) is 10.00 Å². The normalized spacial score (nSPS) is 15.9. The zero-order chi connectivity index (χ0) is 23.3. The van der Waals surface area contributed by atoms with E-state index in [-0.39, 0.29) is 5.69 Å². The van der Waals surface area contributed by atoms with Crippen molar-refractivity contribution in [3.05, 3.63) is 56.7 Å². The third-order valence-electron chi connectivity index (χ3n) is 5.75. The van der Waals surface area contributed by atoms with Gasteiger partial charge in [0.15, 0.2) is 0 Å². The van der Waals surface area contributed by atoms with E-state index in [2.05, 4.69) is 16.0 Å². The first-order valence-corrected chi connectivity index (χ1v) is 10.9. The third-order valence-corrected chi connectivity index (χ3v) is 5.75. The molecule has 1 aromatic heterocycles. The minimum atomic E-state index is -0.820. The van der Waals surface area contributed by atoms with Gasteiger partial charge in [0.2, 0.25) is 0 Å². The fourth-order valence-corrected chi connectivity index (χ4v) is 3.80. The Morgan fingerprint density at radius 2 is 1.84 bits per heavy atom. The number of hydrogen-bond acceptors (Lipinski definition) is 7. The van der Waals surface area contributed by atoms with Crippen LogP contribution < -0.4 is 20.9 Å². The van der Waals surface area contributed by atoms with Crippen molar-refractivity contribution in [1.29, 1.82) is 5.26 Å². The first kappa shape index (κ1) is 23.6. The van der Waals surface area contributed by atoms with Gasteiger partial charge in [-0.05, 0) is 44.5 Å². The van der Waals surface area contributed by atoms with Gasteiger partial charge in [-0.15, -0.1) is 0 Å². The van der Waals surface area contributed by atoms with Crippen LogP contribution in [0.1, 0.15) is 32.8 Å². The monoisotopic (exact) mass is 441 g/mol. The summed E-state index contributed by atoms with van der Waals surface area (Å²) in [5.41, 5.74) is -1.04. The number of H-pyrrole nitrogens is 1. The Bertz CT molecular complexity index is 1060. The second-order valence-electron chi connectivity index (χ2n) is 8.59. The summed E-state index contributed by atoms with van der Waals surface area (Å²) in [6.45, 7) is 9.33. The lowest BCUT2D eigenvalue weighted by atomic mass is 10.0. The second kappa shape index (κ2) is 10.0. The number of nitrogens with one attached hydrogen (secondary N) is 1. The highest BCUT2D eigenvalue weighted by molar-refractivity contribution is 5.39. The number of anilines is 1. The molecule has 0 radical (unpaired) electrons. The van der Waals surface area contributed by atoms with E-state index in [1.165, 1.54) is 6.07 Å². The Balaban J connectivity index is 1.60. The maximum atomic E-state index is 12.2. The van der Waals surface area contributed by atoms with Crippen molar-refractivity contribution in [2.75, 3.05) is 37.6 Å². The van der Waals surface area contributed by atoms with Crippen molar-refractivity contribution in [1.82, 2.24) is 14.5 Å². The average molecular weight is 442 g/mol. The highest BCUT2D eigenvalue weighted by atomic mass is 16.5. The molecule has 1 unspecified atom stereocenters. The van der Waals surface area contributed by atoms with E-state index < -0.39 is 17.3 Å². The van der Waals surface area contributed by atoms with Gasteiger partial charge < -0.3 is 14.7 Å². The van der Waals surface area contributed by atoms with Crippen LogP contribution in [0.2, 0.25) is 0 Å². The van der Waals surface area contributed by atoms with Crippen molar-refractivity contribution in [3.63, 3.8) is 0 Å². The number of hydrogen-bond donors (Lipinski definition) is 2. The molecule has 0 saturated carbocycles. The molecule has 1 fully saturated rings. The summed E-state index contributed by atoms with van der Waals surface area (Å²) in [7, 11) is 0. The lowest BCUT2D eigenvalue weighted by molar-refractivity contribution is -0.0449. The number of benzene rings is 1. The lowest BCUT2D eigenvalue weighted by Gasteiger charge is -2.40. The van der Waals surface area contributed by atoms with Crippen molar-refractivity contribution in [3.8, 4) is 11.8 Å². The van der Waals surface area contributed by atoms with Crippen molar-refractivity contribution in [2.24, 2.45) is 0 Å². The van der Waals surface area contributed by atoms with Crippen LogP contribution in [-0.2, 0) is 6.54 Å². The molecule has 3 rings (SSSR count). The smallest absolute Gasteiger partial charge is 0.329 e. The number of β-amino-alcohol motifs (C(OH)–C–C–N with tert-alkyl or cyclic N) is 1. The first-order valence-electron chi connectivity index (χ1n) is 10.9. The largest absolute Gasteiger partial charge is 0.485 e. The Morgan fingerprint density at radius 1 is 1.19 bits per heavy atom. The molecule has 0 amide bonds. The highest BCUT2D eigenvalue weighted by Gasteiger charge is 2.32. The molecule has 9 heteroatoms. The Morgan fingerprint density at radius 3 is 2.44 bits per heavy atom. The summed E-state index contributed by atoms with van der Waals surface area (Å²) < 4.78 is 7.60. The van der Waals surface area contributed by atoms with Crippen molar-refractivity contribution in [2.45, 2.75) is 45.4 Å². The fraction of sp³-hybridized carbons (Fsp3) is 0.522. The van der Waals surface area contributed by atoms with Crippen molar-refractivity contribution >= 4 is 5.82 Å². The van der Waals surface area contributed by atoms with Crippen LogP contribution >= 0.6 is 0 Å². The summed E-state index contributed by atoms with van der Waals surface area (Å²) in [5.74, 6) is 1.24. The van der Waals surface area contributed by atoms with Gasteiger partial charge in [0, 0.05) is 45.3 Å². The number of nitriles is 1. The number of piperazine rings is 1. The molecule has 2 N–H and O–H groups in total. The van der Waals surface area contributed by atoms with Gasteiger partial charge in [0.25, 0.3) is 5.56 Å². The highest BCUT2D eigenvalue weighted by Crippen LogP contribution is 2.23. The van der Waals surface area contributed by atoms with E-state index >= 15 is 0 Å². The van der Waals surface area contributed by atoms with E-state index in [0.717, 1.165) is 6.42 Å². The summed E-state index contributed by atoms with van der Waals surface area (Å²) in [4.78, 5) is 30.6. The zero-order valence-electron chi connectivity index (χ0n) is 18.9. The van der Waals surface area contributed by atoms with Gasteiger partial charge in [-0.2, -0.15) is 5.26 Å². The first-order chi connectivity index (χ1) is 15.2. The van der Waals surface area contributed by atoms with Gasteiger partial charge in [-0.1, -0.05) is 6.92 Å². The zero-order valence-corrected chi connectivity index (χ0v) is 18.9. The number of rotatable bonds is 8. The fourth-order valence-electron chi connectivity index (χ4n) is 3.80. The molecule has 9 nitrogen and oxygen atoms in total. The molecule has 0 bridgehead atoms. The number of nitrogens with zero attached hydrogens (tertiary/aromatic N) is 4. The Kier molecular flexibility index (Phi) is 7.38. The molecule has 172 valence electrons. The van der Waals surface area contributed by atoms with Crippen LogP contribution in [-0.4, -0.2) is 64.0 Å². The van der Waals surface area contributed by atoms with Crippen LogP contribution in [0, 0.1) is 11.3 Å². The molecule has 2 aromatic rings. The number of aliphatic hydroxyl groups excluding tert-OH is 1. The van der Waals surface area contributed by atoms with Gasteiger partial charge in [0.05, 0.1) is 11.6 Å². The summed E-state index contributed by atoms with van der Waals surface area (Å²) in [6, 6.07) is 10.4. The molecular formula is C23H31N5O4. The quantitative estimate of drug-likeness (QED) is 0.632. The molecule has 0 aliphatic carbocycles. The third kappa shape index (κ3) is 5.58. The number of aromatic amines is 1. The SMILES string of the molecule is CCCn1c(N2CCN(CC(O)C(C)(C)Oc3ccc(C#N)cc3)CC2)cc(=O)[nH]c1=O. The number of aromatic nitrogens is 2. The Labute approximate surface area is 187 Å². The van der Waals surface area contributed by atoms with Crippen LogP contribution in [0.5, 0.6) is 5.75 Å². The van der Waals surface area contributed by atoms with Crippen LogP contribution in [0.25, 0.3) is 0 Å². The maximum absolute atomic E-state index is 12.2. The molecule has 1 aliphatic heterocycles. The molecule has 0 spiro atoms. The summed E-state index contributed by atoms with van der Waals surface area (Å²) >= 11 is 0. The molecule has 1 aliphatic rings. The average Bonchev–Trinajstić information content (AvgIpc) is 2.76. The van der Waals surface area contributed by atoms with E-state index in [1.807, 2.05) is 25.7 Å². The molecule has 1 saturated heterocycles. The maximum Gasteiger partial charge on any atom is 0.329 e. The lowest BCUT2D eigenvalue weighted by Crippen LogP contribution is -2.54. The van der Waals surface area contributed by atoms with Crippen LogP contribution in [0.15, 0.2) is 39.9 Å². The van der Waals surface area contributed by atoms with Gasteiger partial charge in [-0.25, -0.2) is 4.79 Å². The van der Waals surface area contributed by atoms with Crippen LogP contribution in [0.4, 0.5) is 5.82 Å². The van der Waals surface area contributed by atoms with E-state index in [9.17, 15) is 14.7 Å². The van der Waals surface area contributed by atoms with E-state index in [0.29, 0.717) is 56.4 Å².